The lowest BCUT2D eigenvalue weighted by Gasteiger charge is -2.23. The van der Waals surface area contributed by atoms with Crippen LogP contribution < -0.4 is 5.73 Å². The fourth-order valence-corrected chi connectivity index (χ4v) is 1.50. The van der Waals surface area contributed by atoms with Crippen molar-refractivity contribution in [2.24, 2.45) is 0 Å². The van der Waals surface area contributed by atoms with Crippen LogP contribution in [0, 0.1) is 11.8 Å². The summed E-state index contributed by atoms with van der Waals surface area (Å²) >= 11 is 3.25. The van der Waals surface area contributed by atoms with Crippen molar-refractivity contribution in [3.8, 4) is 11.8 Å². The van der Waals surface area contributed by atoms with Crippen LogP contribution in [0.25, 0.3) is 0 Å². The summed E-state index contributed by atoms with van der Waals surface area (Å²) in [6.45, 7) is 5.69. The van der Waals surface area contributed by atoms with E-state index in [-0.39, 0.29) is 6.54 Å². The van der Waals surface area contributed by atoms with E-state index in [1.807, 2.05) is 20.8 Å². The first-order valence-electron chi connectivity index (χ1n) is 6.04. The Morgan fingerprint density at radius 3 is 2.75 bits per heavy atom. The first-order chi connectivity index (χ1) is 9.19. The van der Waals surface area contributed by atoms with Crippen LogP contribution in [0.2, 0.25) is 0 Å². The average molecular weight is 340 g/mol. The Morgan fingerprint density at radius 1 is 1.50 bits per heavy atom. The zero-order valence-corrected chi connectivity index (χ0v) is 13.6. The normalized spacial score (nSPS) is 10.4. The standard InChI is InChI=1S/C14H18BrN3O2/c1-14(2,3)20-13(19)18(4)9-5-6-11-10(16)7-8-12(15)17-11/h7-8H,9,16H2,1-4H3. The fourth-order valence-electron chi connectivity index (χ4n) is 1.19. The Labute approximate surface area is 127 Å². The lowest BCUT2D eigenvalue weighted by atomic mass is 10.2. The van der Waals surface area contributed by atoms with Gasteiger partial charge in [-0.05, 0) is 54.8 Å². The minimum atomic E-state index is -0.519. The Bertz CT molecular complexity index is 556. The molecule has 1 rings (SSSR count). The van der Waals surface area contributed by atoms with Crippen molar-refractivity contribution >= 4 is 27.7 Å². The second-order valence-corrected chi connectivity index (χ2v) is 6.02. The Balaban J connectivity index is 2.66. The molecule has 108 valence electrons. The van der Waals surface area contributed by atoms with E-state index < -0.39 is 11.7 Å². The number of nitrogen functional groups attached to an aromatic ring is 1. The molecule has 0 radical (unpaired) electrons. The van der Waals surface area contributed by atoms with Gasteiger partial charge in [-0.15, -0.1) is 0 Å². The van der Waals surface area contributed by atoms with Crippen LogP contribution in [0.5, 0.6) is 0 Å². The van der Waals surface area contributed by atoms with Crippen LogP contribution in [0.1, 0.15) is 26.5 Å². The number of hydrogen-bond donors (Lipinski definition) is 1. The molecule has 0 saturated heterocycles. The zero-order valence-electron chi connectivity index (χ0n) is 12.0. The van der Waals surface area contributed by atoms with E-state index in [0.29, 0.717) is 16.0 Å². The van der Waals surface area contributed by atoms with Crippen LogP contribution in [-0.4, -0.2) is 35.2 Å². The monoisotopic (exact) mass is 339 g/mol. The fraction of sp³-hybridized carbons (Fsp3) is 0.429. The molecule has 1 heterocycles. The summed E-state index contributed by atoms with van der Waals surface area (Å²) < 4.78 is 5.88. The molecule has 5 nitrogen and oxygen atoms in total. The maximum Gasteiger partial charge on any atom is 0.410 e. The van der Waals surface area contributed by atoms with Crippen LogP contribution in [0.15, 0.2) is 16.7 Å². The number of aromatic nitrogens is 1. The number of rotatable bonds is 1. The minimum absolute atomic E-state index is 0.239. The van der Waals surface area contributed by atoms with Crippen LogP contribution in [0.4, 0.5) is 10.5 Å². The van der Waals surface area contributed by atoms with Crippen LogP contribution >= 0.6 is 15.9 Å². The molecule has 0 aliphatic carbocycles. The predicted octanol–water partition coefficient (Wildman–Crippen LogP) is 2.64. The molecule has 0 atom stereocenters. The van der Waals surface area contributed by atoms with Gasteiger partial charge in [0, 0.05) is 7.05 Å². The highest BCUT2D eigenvalue weighted by molar-refractivity contribution is 9.10. The molecule has 6 heteroatoms. The smallest absolute Gasteiger partial charge is 0.410 e. The van der Waals surface area contributed by atoms with Gasteiger partial charge < -0.3 is 15.4 Å². The highest BCUT2D eigenvalue weighted by Gasteiger charge is 2.18. The van der Waals surface area contributed by atoms with Gasteiger partial charge in [0.25, 0.3) is 0 Å². The molecule has 2 N–H and O–H groups in total. The van der Waals surface area contributed by atoms with E-state index in [2.05, 4.69) is 32.8 Å². The third kappa shape index (κ3) is 5.49. The summed E-state index contributed by atoms with van der Waals surface area (Å²) in [6, 6.07) is 3.46. The molecule has 0 bridgehead atoms. The summed E-state index contributed by atoms with van der Waals surface area (Å²) in [5.74, 6) is 5.68. The molecule has 1 aromatic heterocycles. The van der Waals surface area contributed by atoms with Gasteiger partial charge in [-0.2, -0.15) is 0 Å². The van der Waals surface area contributed by atoms with E-state index >= 15 is 0 Å². The second-order valence-electron chi connectivity index (χ2n) is 5.21. The van der Waals surface area contributed by atoms with E-state index in [1.165, 1.54) is 4.90 Å². The lowest BCUT2D eigenvalue weighted by Crippen LogP contribution is -2.34. The van der Waals surface area contributed by atoms with Crippen molar-refractivity contribution in [2.75, 3.05) is 19.3 Å². The topological polar surface area (TPSA) is 68.5 Å². The van der Waals surface area contributed by atoms with E-state index in [4.69, 9.17) is 10.5 Å². The minimum Gasteiger partial charge on any atom is -0.444 e. The molecule has 0 fully saturated rings. The maximum absolute atomic E-state index is 11.7. The molecular formula is C14H18BrN3O2. The molecular weight excluding hydrogens is 322 g/mol. The molecule has 0 spiro atoms. The van der Waals surface area contributed by atoms with Crippen LogP contribution in [0.3, 0.4) is 0 Å². The Kier molecular flexibility index (Phi) is 5.40. The number of nitrogens with two attached hydrogens (primary N) is 1. The highest BCUT2D eigenvalue weighted by atomic mass is 79.9. The van der Waals surface area contributed by atoms with Gasteiger partial charge in [0.05, 0.1) is 12.2 Å². The molecule has 0 aliphatic rings. The largest absolute Gasteiger partial charge is 0.444 e. The number of carbonyl (C=O) groups excluding carboxylic acids is 1. The Morgan fingerprint density at radius 2 is 2.15 bits per heavy atom. The maximum atomic E-state index is 11.7. The molecule has 1 aromatic rings. The van der Waals surface area contributed by atoms with Crippen molar-refractivity contribution in [3.05, 3.63) is 22.4 Å². The van der Waals surface area contributed by atoms with Gasteiger partial charge in [-0.3, -0.25) is 0 Å². The SMILES string of the molecule is CN(CC#Cc1nc(Br)ccc1N)C(=O)OC(C)(C)C. The first kappa shape index (κ1) is 16.3. The molecule has 0 saturated carbocycles. The third-order valence-corrected chi connectivity index (χ3v) is 2.56. The van der Waals surface area contributed by atoms with Gasteiger partial charge in [-0.1, -0.05) is 5.92 Å². The summed E-state index contributed by atoms with van der Waals surface area (Å²) in [5, 5.41) is 0. The van der Waals surface area contributed by atoms with Crippen molar-refractivity contribution in [3.63, 3.8) is 0 Å². The summed E-state index contributed by atoms with van der Waals surface area (Å²) in [4.78, 5) is 17.3. The van der Waals surface area contributed by atoms with Gasteiger partial charge in [0.2, 0.25) is 0 Å². The molecule has 1 amide bonds. The zero-order chi connectivity index (χ0) is 15.3. The van der Waals surface area contributed by atoms with Gasteiger partial charge in [0.1, 0.15) is 15.9 Å². The van der Waals surface area contributed by atoms with Crippen LogP contribution in [-0.2, 0) is 4.74 Å². The molecule has 0 aliphatic heterocycles. The summed E-state index contributed by atoms with van der Waals surface area (Å²) in [7, 11) is 1.63. The quantitative estimate of drug-likeness (QED) is 0.630. The van der Waals surface area contributed by atoms with E-state index in [9.17, 15) is 4.79 Å². The van der Waals surface area contributed by atoms with E-state index in [0.717, 1.165) is 0 Å². The third-order valence-electron chi connectivity index (χ3n) is 2.12. The predicted molar refractivity (Wildman–Crippen MR) is 82.1 cm³/mol. The number of carbonyl (C=O) groups is 1. The number of pyridine rings is 1. The molecule has 20 heavy (non-hydrogen) atoms. The summed E-state index contributed by atoms with van der Waals surface area (Å²) in [5.41, 5.74) is 6.22. The average Bonchev–Trinajstić information content (AvgIpc) is 2.31. The van der Waals surface area contributed by atoms with Crippen molar-refractivity contribution in [1.82, 2.24) is 9.88 Å². The molecule has 0 unspecified atom stereocenters. The van der Waals surface area contributed by atoms with Gasteiger partial charge >= 0.3 is 6.09 Å². The molecule has 0 aromatic carbocycles. The van der Waals surface area contributed by atoms with Crippen molar-refractivity contribution < 1.29 is 9.53 Å². The second kappa shape index (κ2) is 6.62. The number of nitrogens with zero attached hydrogens (tertiary/aromatic N) is 2. The number of halogens is 1. The summed E-state index contributed by atoms with van der Waals surface area (Å²) in [6.07, 6.45) is -0.415. The van der Waals surface area contributed by atoms with Crippen molar-refractivity contribution in [2.45, 2.75) is 26.4 Å². The van der Waals surface area contributed by atoms with Gasteiger partial charge in [-0.25, -0.2) is 9.78 Å². The number of anilines is 1. The number of amides is 1. The highest BCUT2D eigenvalue weighted by Crippen LogP contribution is 2.12. The van der Waals surface area contributed by atoms with Crippen molar-refractivity contribution in [1.29, 1.82) is 0 Å². The van der Waals surface area contributed by atoms with E-state index in [1.54, 1.807) is 19.2 Å². The number of hydrogen-bond acceptors (Lipinski definition) is 4. The Hall–Kier alpha value is -1.74. The first-order valence-corrected chi connectivity index (χ1v) is 6.83. The lowest BCUT2D eigenvalue weighted by molar-refractivity contribution is 0.0321. The van der Waals surface area contributed by atoms with Gasteiger partial charge in [0.15, 0.2) is 0 Å². The number of ether oxygens (including phenoxy) is 1.